The molecule has 0 aromatic heterocycles. The van der Waals surface area contributed by atoms with E-state index in [1.807, 2.05) is 6.92 Å². The third-order valence-corrected chi connectivity index (χ3v) is 2.81. The van der Waals surface area contributed by atoms with Crippen LogP contribution in [0, 0.1) is 0 Å². The van der Waals surface area contributed by atoms with Crippen LogP contribution >= 0.6 is 49.5 Å². The first-order chi connectivity index (χ1) is 3.48. The van der Waals surface area contributed by atoms with Crippen LogP contribution in [0.3, 0.4) is 0 Å². The van der Waals surface area contributed by atoms with E-state index < -0.39 is 3.41 Å². The molecule has 8 heavy (non-hydrogen) atoms. The molecule has 50 valence electrons. The molecule has 4 heteroatoms. The van der Waals surface area contributed by atoms with E-state index in [-0.39, 0.29) is 5.38 Å². The molecule has 1 atom stereocenters. The molecule has 0 radical (unpaired) electrons. The highest BCUT2D eigenvalue weighted by molar-refractivity contribution is 8.17. The number of hydrogen-bond acceptors (Lipinski definition) is 3. The normalized spacial score (nSPS) is 16.1. The lowest BCUT2D eigenvalue weighted by atomic mass is 10.4. The van der Waals surface area contributed by atoms with Gasteiger partial charge in [-0.2, -0.15) is 0 Å². The topological polar surface area (TPSA) is 0 Å². The van der Waals surface area contributed by atoms with Gasteiger partial charge in [0, 0.05) is 0 Å². The zero-order valence-corrected chi connectivity index (χ0v) is 7.94. The van der Waals surface area contributed by atoms with E-state index in [0.717, 1.165) is 6.42 Å². The van der Waals surface area contributed by atoms with Crippen molar-refractivity contribution in [3.63, 3.8) is 0 Å². The maximum atomic E-state index is 5.71. The van der Waals surface area contributed by atoms with Crippen molar-refractivity contribution in [1.29, 1.82) is 0 Å². The largest absolute Gasteiger partial charge is 0.150 e. The molecular weight excluding hydrogens is 180 g/mol. The Morgan fingerprint density at radius 3 is 1.88 bits per heavy atom. The van der Waals surface area contributed by atoms with Gasteiger partial charge in [-0.3, -0.25) is 0 Å². The van der Waals surface area contributed by atoms with Gasteiger partial charge in [-0.15, -0.1) is 49.5 Å². The number of rotatable bonds is 2. The van der Waals surface area contributed by atoms with Crippen LogP contribution in [-0.2, 0) is 0 Å². The van der Waals surface area contributed by atoms with Crippen LogP contribution in [-0.4, -0.2) is 8.79 Å². The lowest BCUT2D eigenvalue weighted by Gasteiger charge is -2.19. The lowest BCUT2D eigenvalue weighted by molar-refractivity contribution is 0.862. The molecule has 1 unspecified atom stereocenters. The highest BCUT2D eigenvalue weighted by Crippen LogP contribution is 2.33. The van der Waals surface area contributed by atoms with Crippen LogP contribution in [0.15, 0.2) is 0 Å². The van der Waals surface area contributed by atoms with Gasteiger partial charge in [0.2, 0.25) is 0 Å². The Morgan fingerprint density at radius 2 is 1.88 bits per heavy atom. The van der Waals surface area contributed by atoms with Gasteiger partial charge in [-0.1, -0.05) is 6.92 Å². The molecule has 0 aliphatic carbocycles. The van der Waals surface area contributed by atoms with E-state index >= 15 is 0 Å². The first kappa shape index (κ1) is 9.34. The van der Waals surface area contributed by atoms with E-state index in [9.17, 15) is 0 Å². The van der Waals surface area contributed by atoms with Crippen LogP contribution in [0.25, 0.3) is 0 Å². The summed E-state index contributed by atoms with van der Waals surface area (Å²) >= 11 is 17.8. The quantitative estimate of drug-likeness (QED) is 0.331. The number of thiol groups is 3. The average Bonchev–Trinajstić information content (AvgIpc) is 1.62. The van der Waals surface area contributed by atoms with Crippen molar-refractivity contribution < 1.29 is 0 Å². The Kier molecular flexibility index (Phi) is 4.08. The molecule has 0 rings (SSSR count). The van der Waals surface area contributed by atoms with Gasteiger partial charge >= 0.3 is 0 Å². The van der Waals surface area contributed by atoms with Crippen molar-refractivity contribution in [3.8, 4) is 0 Å². The molecule has 0 heterocycles. The van der Waals surface area contributed by atoms with Crippen molar-refractivity contribution in [2.45, 2.75) is 22.1 Å². The smallest absolute Gasteiger partial charge is 0.115 e. The summed E-state index contributed by atoms with van der Waals surface area (Å²) in [5.41, 5.74) is 0. The summed E-state index contributed by atoms with van der Waals surface area (Å²) in [6.07, 6.45) is 0.831. The molecule has 0 spiro atoms. The fraction of sp³-hybridized carbons (Fsp3) is 1.00. The molecule has 0 saturated heterocycles. The molecule has 0 nitrogen and oxygen atoms in total. The van der Waals surface area contributed by atoms with E-state index in [0.29, 0.717) is 0 Å². The molecule has 0 aromatic rings. The zero-order chi connectivity index (χ0) is 6.78. The van der Waals surface area contributed by atoms with E-state index in [2.05, 4.69) is 37.9 Å². The summed E-state index contributed by atoms with van der Waals surface area (Å²) in [7, 11) is 0. The van der Waals surface area contributed by atoms with Crippen LogP contribution in [0.2, 0.25) is 0 Å². The molecule has 0 N–H and O–H groups in total. The maximum Gasteiger partial charge on any atom is 0.115 e. The Hall–Kier alpha value is 1.34. The standard InChI is InChI=1S/C4H9ClS3/c1-2-3(5)4(6,7)8/h3,6-8H,2H2,1H3. The third-order valence-electron chi connectivity index (χ3n) is 0.779. The number of hydrogen-bond donors (Lipinski definition) is 3. The van der Waals surface area contributed by atoms with E-state index in [4.69, 9.17) is 11.6 Å². The fourth-order valence-electron chi connectivity index (χ4n) is 0.274. The van der Waals surface area contributed by atoms with Gasteiger partial charge in [-0.05, 0) is 6.42 Å². The van der Waals surface area contributed by atoms with Crippen molar-refractivity contribution in [3.05, 3.63) is 0 Å². The van der Waals surface area contributed by atoms with Crippen molar-refractivity contribution in [2.75, 3.05) is 0 Å². The summed E-state index contributed by atoms with van der Waals surface area (Å²) in [6, 6.07) is 0. The zero-order valence-electron chi connectivity index (χ0n) is 4.50. The van der Waals surface area contributed by atoms with Crippen LogP contribution in [0.5, 0.6) is 0 Å². The van der Waals surface area contributed by atoms with Gasteiger partial charge in [0.25, 0.3) is 0 Å². The molecule has 0 bridgehead atoms. The second-order valence-electron chi connectivity index (χ2n) is 1.56. The molecular formula is C4H9ClS3. The highest BCUT2D eigenvalue weighted by Gasteiger charge is 2.23. The summed E-state index contributed by atoms with van der Waals surface area (Å²) in [4.78, 5) is 0. The minimum atomic E-state index is -0.643. The second-order valence-corrected chi connectivity index (χ2v) is 5.26. The summed E-state index contributed by atoms with van der Waals surface area (Å²) in [5.74, 6) is 0. The Morgan fingerprint density at radius 1 is 1.50 bits per heavy atom. The number of halogens is 1. The molecule has 0 aliphatic rings. The minimum Gasteiger partial charge on any atom is -0.150 e. The average molecular weight is 189 g/mol. The van der Waals surface area contributed by atoms with E-state index in [1.54, 1.807) is 0 Å². The lowest BCUT2D eigenvalue weighted by Crippen LogP contribution is -2.18. The van der Waals surface area contributed by atoms with Crippen LogP contribution < -0.4 is 0 Å². The number of alkyl halides is 1. The first-order valence-corrected chi connectivity index (χ1v) is 4.07. The summed E-state index contributed by atoms with van der Waals surface area (Å²) in [6.45, 7) is 1.97. The molecule has 0 aliphatic heterocycles. The van der Waals surface area contributed by atoms with Gasteiger partial charge in [0.05, 0.1) is 5.38 Å². The molecule has 0 fully saturated rings. The Bertz CT molecular complexity index is 68.2. The minimum absolute atomic E-state index is 0.0856. The van der Waals surface area contributed by atoms with Gasteiger partial charge in [0.15, 0.2) is 0 Å². The summed E-state index contributed by atoms with van der Waals surface area (Å²) < 4.78 is -0.643. The molecule has 0 amide bonds. The van der Waals surface area contributed by atoms with Gasteiger partial charge in [-0.25, -0.2) is 0 Å². The maximum absolute atomic E-state index is 5.71. The second kappa shape index (κ2) is 3.49. The van der Waals surface area contributed by atoms with Crippen molar-refractivity contribution >= 4 is 49.5 Å². The highest BCUT2D eigenvalue weighted by atomic mass is 35.5. The molecule has 0 aromatic carbocycles. The fourth-order valence-corrected chi connectivity index (χ4v) is 0.822. The van der Waals surface area contributed by atoms with Crippen molar-refractivity contribution in [1.82, 2.24) is 0 Å². The van der Waals surface area contributed by atoms with E-state index in [1.165, 1.54) is 0 Å². The molecule has 0 saturated carbocycles. The third kappa shape index (κ3) is 3.38. The monoisotopic (exact) mass is 188 g/mol. The predicted octanol–water partition coefficient (Wildman–Crippen LogP) is 2.45. The van der Waals surface area contributed by atoms with Gasteiger partial charge in [0.1, 0.15) is 3.41 Å². The summed E-state index contributed by atoms with van der Waals surface area (Å²) in [5, 5.41) is -0.0856. The SMILES string of the molecule is CCC(Cl)C(S)(S)S. The van der Waals surface area contributed by atoms with Crippen LogP contribution in [0.1, 0.15) is 13.3 Å². The van der Waals surface area contributed by atoms with Gasteiger partial charge < -0.3 is 0 Å². The Labute approximate surface area is 71.6 Å². The predicted molar refractivity (Wildman–Crippen MR) is 49.6 cm³/mol. The van der Waals surface area contributed by atoms with Crippen LogP contribution in [0.4, 0.5) is 0 Å². The van der Waals surface area contributed by atoms with Crippen molar-refractivity contribution in [2.24, 2.45) is 0 Å². The first-order valence-electron chi connectivity index (χ1n) is 2.29. The Balaban J connectivity index is 3.62.